The molecular weight excluding hydrogens is 432 g/mol. The second kappa shape index (κ2) is 10.3. The summed E-state index contributed by atoms with van der Waals surface area (Å²) in [6, 6.07) is 19.3. The third-order valence-corrected chi connectivity index (χ3v) is 6.19. The lowest BCUT2D eigenvalue weighted by Crippen LogP contribution is -2.42. The van der Waals surface area contributed by atoms with E-state index in [9.17, 15) is 4.79 Å². The summed E-state index contributed by atoms with van der Waals surface area (Å²) in [5, 5.41) is 5.82. The summed E-state index contributed by atoms with van der Waals surface area (Å²) in [6.07, 6.45) is 3.44. The number of hydrogen-bond donors (Lipinski definition) is 1. The molecule has 4 aromatic rings. The molecule has 0 bridgehead atoms. The molecule has 0 aliphatic heterocycles. The molecule has 0 fully saturated rings. The van der Waals surface area contributed by atoms with Gasteiger partial charge in [-0.3, -0.25) is 9.78 Å². The van der Waals surface area contributed by atoms with Crippen molar-refractivity contribution in [2.75, 3.05) is 12.0 Å². The van der Waals surface area contributed by atoms with Crippen molar-refractivity contribution in [3.8, 4) is 17.0 Å². The number of methoxy groups -OCH3 is 1. The fourth-order valence-electron chi connectivity index (χ4n) is 3.50. The topological polar surface area (TPSA) is 67.3 Å². The highest BCUT2D eigenvalue weighted by Gasteiger charge is 2.26. The van der Waals surface area contributed by atoms with E-state index in [-0.39, 0.29) is 5.91 Å². The molecule has 1 atom stereocenters. The minimum absolute atomic E-state index is 0.0745. The molecular formula is C26H26N4O2S. The van der Waals surface area contributed by atoms with Crippen LogP contribution < -0.4 is 15.0 Å². The van der Waals surface area contributed by atoms with Crippen LogP contribution in [0.25, 0.3) is 11.3 Å². The standard InChI is InChI=1S/C26H26N4O2S/c1-18-5-4-6-22(15-18)30(19(2)25(31)28-16-20-11-13-27-14-12-20)26-29-24(17-33-26)21-7-9-23(32-3)10-8-21/h4-15,17,19H,16H2,1-3H3,(H,28,31)/t19-/m0/s1. The number of nitrogens with zero attached hydrogens (tertiary/aromatic N) is 3. The van der Waals surface area contributed by atoms with Gasteiger partial charge in [0, 0.05) is 35.6 Å². The summed E-state index contributed by atoms with van der Waals surface area (Å²) in [7, 11) is 1.65. The molecule has 0 saturated heterocycles. The first-order valence-electron chi connectivity index (χ1n) is 10.7. The molecule has 33 heavy (non-hydrogen) atoms. The molecule has 0 spiro atoms. The van der Waals surface area contributed by atoms with E-state index >= 15 is 0 Å². The summed E-state index contributed by atoms with van der Waals surface area (Å²) in [6.45, 7) is 4.39. The van der Waals surface area contributed by atoms with Crippen LogP contribution in [-0.4, -0.2) is 29.0 Å². The van der Waals surface area contributed by atoms with E-state index in [0.29, 0.717) is 6.54 Å². The molecule has 168 valence electrons. The maximum atomic E-state index is 13.1. The molecule has 0 saturated carbocycles. The van der Waals surface area contributed by atoms with Crippen LogP contribution in [-0.2, 0) is 11.3 Å². The fraction of sp³-hybridized carbons (Fsp3) is 0.192. The van der Waals surface area contributed by atoms with Crippen molar-refractivity contribution in [2.24, 2.45) is 0 Å². The molecule has 0 unspecified atom stereocenters. The maximum Gasteiger partial charge on any atom is 0.243 e. The number of aromatic nitrogens is 2. The fourth-order valence-corrected chi connectivity index (χ4v) is 4.44. The Hall–Kier alpha value is -3.71. The number of carbonyl (C=O) groups excluding carboxylic acids is 1. The summed E-state index contributed by atoms with van der Waals surface area (Å²) in [5.41, 5.74) is 4.91. The van der Waals surface area contributed by atoms with Crippen molar-refractivity contribution in [1.29, 1.82) is 0 Å². The smallest absolute Gasteiger partial charge is 0.243 e. The predicted molar refractivity (Wildman–Crippen MR) is 133 cm³/mol. The molecule has 7 heteroatoms. The van der Waals surface area contributed by atoms with Crippen LogP contribution in [0.15, 0.2) is 78.4 Å². The normalized spacial score (nSPS) is 11.6. The van der Waals surface area contributed by atoms with Gasteiger partial charge in [0.1, 0.15) is 11.8 Å². The molecule has 1 N–H and O–H groups in total. The molecule has 0 radical (unpaired) electrons. The van der Waals surface area contributed by atoms with E-state index in [2.05, 4.69) is 16.4 Å². The molecule has 0 aliphatic rings. The summed E-state index contributed by atoms with van der Waals surface area (Å²) in [5.74, 6) is 0.726. The molecule has 1 amide bonds. The Kier molecular flexibility index (Phi) is 7.00. The van der Waals surface area contributed by atoms with Crippen molar-refractivity contribution < 1.29 is 9.53 Å². The third kappa shape index (κ3) is 5.38. The van der Waals surface area contributed by atoms with Crippen molar-refractivity contribution in [2.45, 2.75) is 26.4 Å². The van der Waals surface area contributed by atoms with E-state index in [1.807, 2.05) is 78.7 Å². The first-order valence-corrected chi connectivity index (χ1v) is 11.6. The molecule has 2 heterocycles. The van der Waals surface area contributed by atoms with Gasteiger partial charge in [-0.15, -0.1) is 11.3 Å². The zero-order valence-electron chi connectivity index (χ0n) is 18.9. The van der Waals surface area contributed by atoms with Gasteiger partial charge >= 0.3 is 0 Å². The quantitative estimate of drug-likeness (QED) is 0.385. The largest absolute Gasteiger partial charge is 0.497 e. The second-order valence-electron chi connectivity index (χ2n) is 7.70. The van der Waals surface area contributed by atoms with Gasteiger partial charge in [-0.05, 0) is 73.5 Å². The van der Waals surface area contributed by atoms with E-state index in [4.69, 9.17) is 9.72 Å². The minimum Gasteiger partial charge on any atom is -0.497 e. The van der Waals surface area contributed by atoms with Gasteiger partial charge in [0.2, 0.25) is 5.91 Å². The molecule has 4 rings (SSSR count). The van der Waals surface area contributed by atoms with E-state index in [0.717, 1.165) is 39.0 Å². The lowest BCUT2D eigenvalue weighted by atomic mass is 10.1. The minimum atomic E-state index is -0.455. The van der Waals surface area contributed by atoms with E-state index in [1.165, 1.54) is 11.3 Å². The number of thiazole rings is 1. The number of amides is 1. The maximum absolute atomic E-state index is 13.1. The lowest BCUT2D eigenvalue weighted by Gasteiger charge is -2.28. The Morgan fingerprint density at radius 1 is 1.12 bits per heavy atom. The van der Waals surface area contributed by atoms with Crippen LogP contribution in [0, 0.1) is 6.92 Å². The van der Waals surface area contributed by atoms with Crippen LogP contribution in [0.4, 0.5) is 10.8 Å². The van der Waals surface area contributed by atoms with Gasteiger partial charge in [-0.2, -0.15) is 0 Å². The van der Waals surface area contributed by atoms with Crippen LogP contribution >= 0.6 is 11.3 Å². The summed E-state index contributed by atoms with van der Waals surface area (Å²) < 4.78 is 5.26. The summed E-state index contributed by atoms with van der Waals surface area (Å²) in [4.78, 5) is 24.0. The van der Waals surface area contributed by atoms with Crippen LogP contribution in [0.5, 0.6) is 5.75 Å². The van der Waals surface area contributed by atoms with Crippen LogP contribution in [0.3, 0.4) is 0 Å². The van der Waals surface area contributed by atoms with Gasteiger partial charge in [0.25, 0.3) is 0 Å². The van der Waals surface area contributed by atoms with E-state index in [1.54, 1.807) is 19.5 Å². The Balaban J connectivity index is 1.61. The molecule has 2 aromatic heterocycles. The number of hydrogen-bond acceptors (Lipinski definition) is 6. The van der Waals surface area contributed by atoms with Crippen molar-refractivity contribution in [1.82, 2.24) is 15.3 Å². The van der Waals surface area contributed by atoms with Crippen molar-refractivity contribution in [3.05, 3.63) is 89.6 Å². The zero-order chi connectivity index (χ0) is 23.2. The lowest BCUT2D eigenvalue weighted by molar-refractivity contribution is -0.122. The Morgan fingerprint density at radius 3 is 2.58 bits per heavy atom. The van der Waals surface area contributed by atoms with E-state index < -0.39 is 6.04 Å². The number of ether oxygens (including phenoxy) is 1. The van der Waals surface area contributed by atoms with Gasteiger partial charge in [-0.1, -0.05) is 12.1 Å². The van der Waals surface area contributed by atoms with Crippen LogP contribution in [0.1, 0.15) is 18.1 Å². The SMILES string of the molecule is COc1ccc(-c2csc(N(c3cccc(C)c3)[C@@H](C)C(=O)NCc3ccncc3)n2)cc1. The van der Waals surface area contributed by atoms with Gasteiger partial charge in [0.15, 0.2) is 5.13 Å². The Morgan fingerprint density at radius 2 is 1.88 bits per heavy atom. The van der Waals surface area contributed by atoms with Gasteiger partial charge in [-0.25, -0.2) is 4.98 Å². The second-order valence-corrected chi connectivity index (χ2v) is 8.54. The van der Waals surface area contributed by atoms with Gasteiger partial charge < -0.3 is 15.0 Å². The Labute approximate surface area is 197 Å². The first kappa shape index (κ1) is 22.5. The monoisotopic (exact) mass is 458 g/mol. The van der Waals surface area contributed by atoms with Gasteiger partial charge in [0.05, 0.1) is 12.8 Å². The molecule has 6 nitrogen and oxygen atoms in total. The highest BCUT2D eigenvalue weighted by molar-refractivity contribution is 7.14. The molecule has 2 aromatic carbocycles. The molecule has 0 aliphatic carbocycles. The van der Waals surface area contributed by atoms with Crippen molar-refractivity contribution >= 4 is 28.1 Å². The Bertz CT molecular complexity index is 1210. The number of anilines is 2. The number of nitrogens with one attached hydrogen (secondary N) is 1. The highest BCUT2D eigenvalue weighted by Crippen LogP contribution is 2.34. The number of pyridine rings is 1. The number of carbonyl (C=O) groups is 1. The zero-order valence-corrected chi connectivity index (χ0v) is 19.7. The third-order valence-electron chi connectivity index (χ3n) is 5.35. The van der Waals surface area contributed by atoms with Crippen molar-refractivity contribution in [3.63, 3.8) is 0 Å². The number of aryl methyl sites for hydroxylation is 1. The average molecular weight is 459 g/mol. The number of benzene rings is 2. The highest BCUT2D eigenvalue weighted by atomic mass is 32.1. The van der Waals surface area contributed by atoms with Crippen LogP contribution in [0.2, 0.25) is 0 Å². The summed E-state index contributed by atoms with van der Waals surface area (Å²) >= 11 is 1.52. The first-order chi connectivity index (χ1) is 16.0. The average Bonchev–Trinajstić information content (AvgIpc) is 3.33. The number of rotatable bonds is 8. The predicted octanol–water partition coefficient (Wildman–Crippen LogP) is 5.37.